The van der Waals surface area contributed by atoms with Crippen molar-refractivity contribution in [1.29, 1.82) is 0 Å². The summed E-state index contributed by atoms with van der Waals surface area (Å²) in [5.41, 5.74) is 3.15. The highest BCUT2D eigenvalue weighted by atomic mass is 19.1. The number of rotatable bonds is 11. The number of halogens is 1. The van der Waals surface area contributed by atoms with Gasteiger partial charge in [-0.3, -0.25) is 4.79 Å². The van der Waals surface area contributed by atoms with Crippen molar-refractivity contribution < 1.29 is 47.7 Å². The van der Waals surface area contributed by atoms with Crippen molar-refractivity contribution in [1.82, 2.24) is 10.5 Å². The van der Waals surface area contributed by atoms with Crippen LogP contribution >= 0.6 is 0 Å². The molecule has 11 nitrogen and oxygen atoms in total. The van der Waals surface area contributed by atoms with Crippen LogP contribution in [0.25, 0.3) is 11.0 Å². The van der Waals surface area contributed by atoms with E-state index in [-0.39, 0.29) is 17.9 Å². The van der Waals surface area contributed by atoms with Gasteiger partial charge in [0.2, 0.25) is 0 Å². The molecule has 0 radical (unpaired) electrons. The molecule has 42 heavy (non-hydrogen) atoms. The smallest absolute Gasteiger partial charge is 0.328 e. The Kier molecular flexibility index (Phi) is 11.9. The number of piperidine rings is 1. The van der Waals surface area contributed by atoms with Gasteiger partial charge in [0.1, 0.15) is 11.9 Å². The maximum Gasteiger partial charge on any atom is 0.328 e. The first-order valence-corrected chi connectivity index (χ1v) is 13.5. The molecule has 1 unspecified atom stereocenters. The van der Waals surface area contributed by atoms with Crippen LogP contribution in [0.15, 0.2) is 47.0 Å². The van der Waals surface area contributed by atoms with Crippen LogP contribution in [-0.4, -0.2) is 60.1 Å². The predicted octanol–water partition coefficient (Wildman–Crippen LogP) is 4.79. The van der Waals surface area contributed by atoms with E-state index in [4.69, 9.17) is 28.9 Å². The summed E-state index contributed by atoms with van der Waals surface area (Å²) in [5, 5.41) is 24.2. The number of carboxylic acid groups (broad SMARTS) is 2. The number of ether oxygens (including phenoxy) is 3. The Morgan fingerprint density at radius 2 is 1.81 bits per heavy atom. The van der Waals surface area contributed by atoms with Crippen molar-refractivity contribution in [3.05, 3.63) is 65.1 Å². The second-order valence-corrected chi connectivity index (χ2v) is 9.65. The van der Waals surface area contributed by atoms with Crippen molar-refractivity contribution in [3.63, 3.8) is 0 Å². The molecule has 4 rings (SSSR count). The van der Waals surface area contributed by atoms with Crippen LogP contribution in [0.1, 0.15) is 62.0 Å². The minimum Gasteiger partial charge on any atom is -0.493 e. The maximum absolute atomic E-state index is 14.2. The van der Waals surface area contributed by atoms with Gasteiger partial charge in [0.05, 0.1) is 19.4 Å². The normalized spacial score (nSPS) is 14.2. The van der Waals surface area contributed by atoms with Gasteiger partial charge in [-0.15, -0.1) is 0 Å². The lowest BCUT2D eigenvalue weighted by atomic mass is 9.90. The fourth-order valence-electron chi connectivity index (χ4n) is 4.67. The number of hydrogen-bond acceptors (Lipinski definition) is 9. The molecule has 1 aromatic heterocycles. The lowest BCUT2D eigenvalue weighted by Crippen LogP contribution is -2.26. The van der Waals surface area contributed by atoms with E-state index in [1.54, 1.807) is 20.1 Å². The minimum atomic E-state index is -1.26. The van der Waals surface area contributed by atoms with Crippen LogP contribution in [0.5, 0.6) is 11.5 Å². The molecule has 1 aliphatic rings. The largest absolute Gasteiger partial charge is 0.493 e. The van der Waals surface area contributed by atoms with Crippen molar-refractivity contribution in [2.75, 3.05) is 26.8 Å². The molecule has 3 aromatic rings. The molecule has 1 aliphatic heterocycles. The number of hydrogen-bond donors (Lipinski definition) is 3. The summed E-state index contributed by atoms with van der Waals surface area (Å²) >= 11 is 0. The molecule has 0 aliphatic carbocycles. The van der Waals surface area contributed by atoms with E-state index in [0.29, 0.717) is 54.6 Å². The number of nitrogens with one attached hydrogen (secondary N) is 1. The second kappa shape index (κ2) is 15.5. The van der Waals surface area contributed by atoms with Gasteiger partial charge < -0.3 is 34.3 Å². The highest BCUT2D eigenvalue weighted by Crippen LogP contribution is 2.35. The maximum atomic E-state index is 14.2. The lowest BCUT2D eigenvalue weighted by molar-refractivity contribution is -0.145. The number of nitrogens with zero attached hydrogens (tertiary/aromatic N) is 1. The molecular weight excluding hydrogens is 551 g/mol. The zero-order valence-electron chi connectivity index (χ0n) is 23.7. The Bertz CT molecular complexity index is 1400. The molecule has 12 heteroatoms. The number of aliphatic carboxylic acids is 2. The molecule has 3 N–H and O–H groups in total. The van der Waals surface area contributed by atoms with Crippen molar-refractivity contribution in [3.8, 4) is 11.5 Å². The van der Waals surface area contributed by atoms with Crippen LogP contribution < -0.4 is 14.8 Å². The van der Waals surface area contributed by atoms with Gasteiger partial charge in [-0.25, -0.2) is 14.0 Å². The van der Waals surface area contributed by atoms with Gasteiger partial charge in [0, 0.05) is 36.4 Å². The molecule has 226 valence electrons. The van der Waals surface area contributed by atoms with Crippen LogP contribution in [0, 0.1) is 5.82 Å². The van der Waals surface area contributed by atoms with Gasteiger partial charge in [0.15, 0.2) is 17.1 Å². The Labute approximate surface area is 242 Å². The number of aromatic nitrogens is 1. The highest BCUT2D eigenvalue weighted by Gasteiger charge is 2.24. The SMILES string of the molecule is COc1cc(C(C)OC(C)=O)ccc1OCCCc1cc(F)cc2onc(C3CCNCC3)c12.O=C(O)/C=C/C(=O)O. The Hall–Kier alpha value is -4.45. The van der Waals surface area contributed by atoms with Gasteiger partial charge in [-0.2, -0.15) is 0 Å². The van der Waals surface area contributed by atoms with E-state index >= 15 is 0 Å². The zero-order chi connectivity index (χ0) is 30.6. The van der Waals surface area contributed by atoms with E-state index < -0.39 is 11.9 Å². The number of fused-ring (bicyclic) bond motifs is 1. The summed E-state index contributed by atoms with van der Waals surface area (Å²) in [7, 11) is 1.57. The van der Waals surface area contributed by atoms with Gasteiger partial charge >= 0.3 is 17.9 Å². The number of methoxy groups -OCH3 is 1. The molecule has 1 saturated heterocycles. The molecule has 2 aromatic carbocycles. The van der Waals surface area contributed by atoms with Gasteiger partial charge in [-0.1, -0.05) is 11.2 Å². The highest BCUT2D eigenvalue weighted by molar-refractivity contribution is 5.89. The van der Waals surface area contributed by atoms with E-state index in [9.17, 15) is 18.8 Å². The summed E-state index contributed by atoms with van der Waals surface area (Å²) in [6.45, 7) is 5.51. The van der Waals surface area contributed by atoms with Crippen molar-refractivity contribution in [2.45, 2.75) is 51.6 Å². The molecule has 0 spiro atoms. The summed E-state index contributed by atoms with van der Waals surface area (Å²) in [5.74, 6) is -1.69. The second-order valence-electron chi connectivity index (χ2n) is 9.65. The van der Waals surface area contributed by atoms with E-state index in [2.05, 4.69) is 10.5 Å². The van der Waals surface area contributed by atoms with Crippen molar-refractivity contribution in [2.24, 2.45) is 0 Å². The molecular formula is C30H35FN2O9. The molecule has 0 bridgehead atoms. The standard InChI is InChI=1S/C26H31FN2O5.C4H4O4/c1-16(33-17(2)30)19-6-7-22(23(14-19)31-3)32-12-4-5-20-13-21(27)15-24-25(20)26(29-34-24)18-8-10-28-11-9-18;5-3(6)1-2-4(7)8/h6-7,13-16,18,28H,4-5,8-12H2,1-3H3;1-2H,(H,5,6)(H,7,8)/b;2-1+. The number of carbonyl (C=O) groups excluding carboxylic acids is 1. The third-order valence-corrected chi connectivity index (χ3v) is 6.59. The molecule has 2 heterocycles. The third kappa shape index (κ3) is 9.30. The van der Waals surface area contributed by atoms with Crippen LogP contribution in [0.3, 0.4) is 0 Å². The number of aryl methyl sites for hydroxylation is 1. The Morgan fingerprint density at radius 1 is 1.12 bits per heavy atom. The number of esters is 1. The number of carbonyl (C=O) groups is 3. The molecule has 1 fully saturated rings. The Morgan fingerprint density at radius 3 is 2.43 bits per heavy atom. The monoisotopic (exact) mass is 586 g/mol. The summed E-state index contributed by atoms with van der Waals surface area (Å²) in [4.78, 5) is 30.3. The topological polar surface area (TPSA) is 157 Å². The lowest BCUT2D eigenvalue weighted by Gasteiger charge is -2.21. The summed E-state index contributed by atoms with van der Waals surface area (Å²) in [6.07, 6.45) is 4.04. The fourth-order valence-corrected chi connectivity index (χ4v) is 4.67. The van der Waals surface area contributed by atoms with E-state index in [0.717, 1.165) is 48.1 Å². The summed E-state index contributed by atoms with van der Waals surface area (Å²) in [6, 6.07) is 8.46. The first-order valence-electron chi connectivity index (χ1n) is 13.5. The van der Waals surface area contributed by atoms with Gasteiger partial charge in [-0.05, 0) is 75.0 Å². The zero-order valence-corrected chi connectivity index (χ0v) is 23.7. The minimum absolute atomic E-state index is 0.320. The van der Waals surface area contributed by atoms with Crippen LogP contribution in [-0.2, 0) is 25.5 Å². The fraction of sp³-hybridized carbons (Fsp3) is 0.400. The molecule has 1 atom stereocenters. The quantitative estimate of drug-likeness (QED) is 0.161. The van der Waals surface area contributed by atoms with E-state index in [1.165, 1.54) is 13.0 Å². The van der Waals surface area contributed by atoms with Crippen LogP contribution in [0.2, 0.25) is 0 Å². The van der Waals surface area contributed by atoms with Gasteiger partial charge in [0.25, 0.3) is 0 Å². The van der Waals surface area contributed by atoms with Crippen molar-refractivity contribution >= 4 is 28.9 Å². The van der Waals surface area contributed by atoms with E-state index in [1.807, 2.05) is 18.2 Å². The first kappa shape index (κ1) is 32.1. The average molecular weight is 587 g/mol. The first-order chi connectivity index (χ1) is 20.1. The predicted molar refractivity (Wildman–Crippen MR) is 150 cm³/mol. The average Bonchev–Trinajstić information content (AvgIpc) is 3.38. The third-order valence-electron chi connectivity index (χ3n) is 6.59. The number of benzene rings is 2. The van der Waals surface area contributed by atoms with Crippen LogP contribution in [0.4, 0.5) is 4.39 Å². The number of carboxylic acids is 2. The Balaban J connectivity index is 0.000000531. The molecule has 0 amide bonds. The molecule has 0 saturated carbocycles. The summed E-state index contributed by atoms with van der Waals surface area (Å²) < 4.78 is 36.4.